The van der Waals surface area contributed by atoms with E-state index in [9.17, 15) is 4.79 Å². The molecule has 0 radical (unpaired) electrons. The smallest absolute Gasteiger partial charge is 0.295 e. The molecule has 6 nitrogen and oxygen atoms in total. The highest BCUT2D eigenvalue weighted by Crippen LogP contribution is 2.19. The van der Waals surface area contributed by atoms with E-state index in [4.69, 9.17) is 4.52 Å². The Hall–Kier alpha value is -2.89. The number of aryl methyl sites for hydroxylation is 1. The molecule has 0 spiro atoms. The lowest BCUT2D eigenvalue weighted by Crippen LogP contribution is -2.11. The first-order valence-electron chi connectivity index (χ1n) is 6.64. The van der Waals surface area contributed by atoms with Gasteiger partial charge in [-0.15, -0.1) is 0 Å². The van der Waals surface area contributed by atoms with Crippen LogP contribution in [0.2, 0.25) is 0 Å². The topological polar surface area (TPSA) is 83.8 Å². The highest BCUT2D eigenvalue weighted by atomic mass is 16.5. The number of benzene rings is 1. The number of hydrogen-bond acceptors (Lipinski definition) is 4. The van der Waals surface area contributed by atoms with Gasteiger partial charge in [0.25, 0.3) is 5.91 Å². The molecule has 0 fully saturated rings. The van der Waals surface area contributed by atoms with Gasteiger partial charge in [0.2, 0.25) is 5.76 Å². The van der Waals surface area contributed by atoms with Crippen molar-refractivity contribution in [1.29, 1.82) is 0 Å². The Balaban J connectivity index is 1.75. The minimum atomic E-state index is -0.376. The summed E-state index contributed by atoms with van der Waals surface area (Å²) in [6.07, 6.45) is 0.823. The molecular formula is C15H14N4O2. The minimum absolute atomic E-state index is 0.148. The zero-order valence-electron chi connectivity index (χ0n) is 11.5. The maximum absolute atomic E-state index is 12.1. The normalized spacial score (nSPS) is 10.5. The van der Waals surface area contributed by atoms with Crippen molar-refractivity contribution >= 4 is 11.7 Å². The van der Waals surface area contributed by atoms with Crippen molar-refractivity contribution in [3.8, 4) is 11.3 Å². The van der Waals surface area contributed by atoms with Crippen molar-refractivity contribution in [2.45, 2.75) is 13.3 Å². The molecule has 2 heterocycles. The summed E-state index contributed by atoms with van der Waals surface area (Å²) in [4.78, 5) is 12.1. The van der Waals surface area contributed by atoms with E-state index >= 15 is 0 Å². The zero-order chi connectivity index (χ0) is 14.7. The first-order valence-corrected chi connectivity index (χ1v) is 6.64. The number of hydrogen-bond donors (Lipinski definition) is 2. The summed E-state index contributed by atoms with van der Waals surface area (Å²) in [6, 6.07) is 12.9. The number of aromatic amines is 1. The number of rotatable bonds is 4. The van der Waals surface area contributed by atoms with Gasteiger partial charge in [-0.25, -0.2) is 0 Å². The number of carbonyl (C=O) groups excluding carboxylic acids is 1. The third-order valence-electron chi connectivity index (χ3n) is 3.06. The molecule has 3 rings (SSSR count). The second-order valence-corrected chi connectivity index (χ2v) is 4.53. The lowest BCUT2D eigenvalue weighted by molar-refractivity contribution is 0.0987. The highest BCUT2D eigenvalue weighted by molar-refractivity contribution is 6.02. The number of anilines is 1. The number of aromatic nitrogens is 3. The number of amides is 1. The molecule has 0 saturated heterocycles. The molecule has 2 aromatic heterocycles. The monoisotopic (exact) mass is 282 g/mol. The Kier molecular flexibility index (Phi) is 3.51. The second kappa shape index (κ2) is 5.62. The lowest BCUT2D eigenvalue weighted by Gasteiger charge is -1.95. The van der Waals surface area contributed by atoms with E-state index in [-0.39, 0.29) is 11.7 Å². The molecule has 2 N–H and O–H groups in total. The van der Waals surface area contributed by atoms with Crippen LogP contribution in [0.3, 0.4) is 0 Å². The maximum Gasteiger partial charge on any atom is 0.295 e. The zero-order valence-corrected chi connectivity index (χ0v) is 11.5. The molecule has 1 aromatic carbocycles. The molecular weight excluding hydrogens is 268 g/mol. The molecule has 1 amide bonds. The van der Waals surface area contributed by atoms with Crippen LogP contribution in [0.1, 0.15) is 23.2 Å². The number of nitrogens with one attached hydrogen (secondary N) is 2. The molecule has 0 aliphatic rings. The summed E-state index contributed by atoms with van der Waals surface area (Å²) in [6.45, 7) is 2.00. The Morgan fingerprint density at radius 3 is 2.81 bits per heavy atom. The molecule has 0 aliphatic heterocycles. The van der Waals surface area contributed by atoms with Crippen molar-refractivity contribution in [2.75, 3.05) is 5.32 Å². The van der Waals surface area contributed by atoms with E-state index in [1.807, 2.05) is 37.3 Å². The van der Waals surface area contributed by atoms with Crippen LogP contribution in [0, 0.1) is 0 Å². The summed E-state index contributed by atoms with van der Waals surface area (Å²) < 4.78 is 5.09. The average Bonchev–Trinajstić information content (AvgIpc) is 3.17. The first-order chi connectivity index (χ1) is 10.3. The van der Waals surface area contributed by atoms with Gasteiger partial charge < -0.3 is 9.84 Å². The van der Waals surface area contributed by atoms with E-state index in [1.165, 1.54) is 0 Å². The van der Waals surface area contributed by atoms with Crippen LogP contribution in [0.4, 0.5) is 5.82 Å². The summed E-state index contributed by atoms with van der Waals surface area (Å²) in [5, 5.41) is 13.4. The number of carbonyl (C=O) groups is 1. The maximum atomic E-state index is 12.1. The fourth-order valence-corrected chi connectivity index (χ4v) is 1.91. The Labute approximate surface area is 121 Å². The van der Waals surface area contributed by atoms with Crippen LogP contribution in [-0.4, -0.2) is 21.3 Å². The van der Waals surface area contributed by atoms with E-state index < -0.39 is 0 Å². The molecule has 0 atom stereocenters. The van der Waals surface area contributed by atoms with Gasteiger partial charge in [-0.2, -0.15) is 5.10 Å². The summed E-state index contributed by atoms with van der Waals surface area (Å²) >= 11 is 0. The lowest BCUT2D eigenvalue weighted by atomic mass is 10.1. The summed E-state index contributed by atoms with van der Waals surface area (Å²) in [5.74, 6) is 0.239. The standard InChI is InChI=1S/C15H14N4O2/c1-2-11-8-14(18-17-11)16-15(20)13-9-12(19-21-13)10-6-4-3-5-7-10/h3-9H,2H2,1H3,(H2,16,17,18,20). The third kappa shape index (κ3) is 2.84. The van der Waals surface area contributed by atoms with Crippen molar-refractivity contribution < 1.29 is 9.32 Å². The first kappa shape index (κ1) is 13.1. The minimum Gasteiger partial charge on any atom is -0.350 e. The van der Waals surface area contributed by atoms with Crippen molar-refractivity contribution in [1.82, 2.24) is 15.4 Å². The quantitative estimate of drug-likeness (QED) is 0.770. The Morgan fingerprint density at radius 2 is 2.10 bits per heavy atom. The predicted octanol–water partition coefficient (Wildman–Crippen LogP) is 2.88. The summed E-state index contributed by atoms with van der Waals surface area (Å²) in [7, 11) is 0. The highest BCUT2D eigenvalue weighted by Gasteiger charge is 2.15. The van der Waals surface area contributed by atoms with Crippen molar-refractivity contribution in [3.63, 3.8) is 0 Å². The van der Waals surface area contributed by atoms with Gasteiger partial charge in [-0.1, -0.05) is 42.4 Å². The molecule has 21 heavy (non-hydrogen) atoms. The molecule has 106 valence electrons. The largest absolute Gasteiger partial charge is 0.350 e. The van der Waals surface area contributed by atoms with E-state index in [1.54, 1.807) is 12.1 Å². The molecule has 0 bridgehead atoms. The number of H-pyrrole nitrogens is 1. The van der Waals surface area contributed by atoms with Gasteiger partial charge in [0.15, 0.2) is 5.82 Å². The Morgan fingerprint density at radius 1 is 1.29 bits per heavy atom. The van der Waals surface area contributed by atoms with Gasteiger partial charge in [0.1, 0.15) is 5.69 Å². The Bertz CT molecular complexity index is 746. The van der Waals surface area contributed by atoms with Crippen LogP contribution < -0.4 is 5.32 Å². The molecule has 6 heteroatoms. The SMILES string of the molecule is CCc1cc(NC(=O)c2cc(-c3ccccc3)no2)n[nH]1. The van der Waals surface area contributed by atoms with E-state index in [2.05, 4.69) is 20.7 Å². The second-order valence-electron chi connectivity index (χ2n) is 4.53. The average molecular weight is 282 g/mol. The van der Waals surface area contributed by atoms with Crippen LogP contribution >= 0.6 is 0 Å². The molecule has 0 unspecified atom stereocenters. The molecule has 0 aliphatic carbocycles. The van der Waals surface area contributed by atoms with E-state index in [0.717, 1.165) is 17.7 Å². The van der Waals surface area contributed by atoms with Crippen molar-refractivity contribution in [3.05, 3.63) is 53.9 Å². The fraction of sp³-hybridized carbons (Fsp3) is 0.133. The van der Waals surface area contributed by atoms with Gasteiger partial charge in [-0.3, -0.25) is 9.89 Å². The van der Waals surface area contributed by atoms with Crippen molar-refractivity contribution in [2.24, 2.45) is 0 Å². The van der Waals surface area contributed by atoms with Gasteiger partial charge in [-0.05, 0) is 6.42 Å². The van der Waals surface area contributed by atoms with E-state index in [0.29, 0.717) is 11.5 Å². The predicted molar refractivity (Wildman–Crippen MR) is 77.9 cm³/mol. The van der Waals surface area contributed by atoms with Crippen LogP contribution in [0.15, 0.2) is 47.0 Å². The van der Waals surface area contributed by atoms with Gasteiger partial charge in [0, 0.05) is 23.4 Å². The third-order valence-corrected chi connectivity index (χ3v) is 3.06. The van der Waals surface area contributed by atoms with Crippen LogP contribution in [0.25, 0.3) is 11.3 Å². The van der Waals surface area contributed by atoms with Gasteiger partial charge in [0.05, 0.1) is 0 Å². The van der Waals surface area contributed by atoms with Crippen LogP contribution in [-0.2, 0) is 6.42 Å². The number of nitrogens with zero attached hydrogens (tertiary/aromatic N) is 2. The van der Waals surface area contributed by atoms with Gasteiger partial charge >= 0.3 is 0 Å². The molecule has 3 aromatic rings. The summed E-state index contributed by atoms with van der Waals surface area (Å²) in [5.41, 5.74) is 2.47. The fourth-order valence-electron chi connectivity index (χ4n) is 1.91. The van der Waals surface area contributed by atoms with Crippen LogP contribution in [0.5, 0.6) is 0 Å². The molecule has 0 saturated carbocycles.